The average molecular weight is 238 g/mol. The molecule has 0 radical (unpaired) electrons. The third-order valence-electron chi connectivity index (χ3n) is 2.86. The Labute approximate surface area is 108 Å². The van der Waals surface area contributed by atoms with Gasteiger partial charge < -0.3 is 10.6 Å². The highest BCUT2D eigenvalue weighted by atomic mass is 15.1. The van der Waals surface area contributed by atoms with Gasteiger partial charge in [-0.15, -0.1) is 0 Å². The first-order chi connectivity index (χ1) is 8.66. The van der Waals surface area contributed by atoms with E-state index in [1.807, 2.05) is 36.4 Å². The van der Waals surface area contributed by atoms with E-state index < -0.39 is 0 Å². The van der Waals surface area contributed by atoms with Crippen LogP contribution in [0.25, 0.3) is 0 Å². The standard InChI is InChI=1S/C16H18N2/c1-12-8-4-6-10-15(12)17-14(3)18-16-11-7-5-9-13(16)2/h4-11,17-18H,3H2,1-2H3. The summed E-state index contributed by atoms with van der Waals surface area (Å²) in [5.41, 5.74) is 4.54. The van der Waals surface area contributed by atoms with Gasteiger partial charge in [0.05, 0.1) is 0 Å². The number of benzene rings is 2. The molecular weight excluding hydrogens is 220 g/mol. The number of hydrogen-bond acceptors (Lipinski definition) is 2. The van der Waals surface area contributed by atoms with Gasteiger partial charge >= 0.3 is 0 Å². The van der Waals surface area contributed by atoms with Crippen LogP contribution in [0, 0.1) is 13.8 Å². The van der Waals surface area contributed by atoms with Crippen LogP contribution in [-0.2, 0) is 0 Å². The van der Waals surface area contributed by atoms with Gasteiger partial charge in [0, 0.05) is 11.4 Å². The highest BCUT2D eigenvalue weighted by Gasteiger charge is 2.00. The zero-order valence-corrected chi connectivity index (χ0v) is 10.8. The van der Waals surface area contributed by atoms with Crippen LogP contribution in [0.1, 0.15) is 11.1 Å². The molecule has 0 aromatic heterocycles. The van der Waals surface area contributed by atoms with Gasteiger partial charge in [0.1, 0.15) is 5.82 Å². The fourth-order valence-electron chi connectivity index (χ4n) is 1.78. The van der Waals surface area contributed by atoms with Crippen molar-refractivity contribution in [2.45, 2.75) is 13.8 Å². The van der Waals surface area contributed by atoms with E-state index in [2.05, 4.69) is 43.2 Å². The van der Waals surface area contributed by atoms with Crippen LogP contribution in [0.2, 0.25) is 0 Å². The number of aryl methyl sites for hydroxylation is 2. The zero-order valence-electron chi connectivity index (χ0n) is 10.8. The first kappa shape index (κ1) is 12.2. The molecule has 0 fully saturated rings. The van der Waals surface area contributed by atoms with Crippen LogP contribution in [0.4, 0.5) is 11.4 Å². The fraction of sp³-hybridized carbons (Fsp3) is 0.125. The molecule has 2 rings (SSSR count). The number of rotatable bonds is 4. The molecule has 2 heteroatoms. The Morgan fingerprint density at radius 3 is 1.56 bits per heavy atom. The van der Waals surface area contributed by atoms with Crippen LogP contribution >= 0.6 is 0 Å². The molecular formula is C16H18N2. The first-order valence-electron chi connectivity index (χ1n) is 6.01. The van der Waals surface area contributed by atoms with Crippen LogP contribution in [0.5, 0.6) is 0 Å². The lowest BCUT2D eigenvalue weighted by Gasteiger charge is -2.15. The summed E-state index contributed by atoms with van der Waals surface area (Å²) in [5, 5.41) is 6.56. The van der Waals surface area contributed by atoms with E-state index in [0.29, 0.717) is 0 Å². The minimum absolute atomic E-state index is 0.776. The lowest BCUT2D eigenvalue weighted by atomic mass is 10.2. The summed E-state index contributed by atoms with van der Waals surface area (Å²) in [6.45, 7) is 8.15. The summed E-state index contributed by atoms with van der Waals surface area (Å²) in [4.78, 5) is 0. The normalized spacial score (nSPS) is 9.89. The molecule has 0 aliphatic rings. The molecule has 18 heavy (non-hydrogen) atoms. The van der Waals surface area contributed by atoms with Crippen LogP contribution in [-0.4, -0.2) is 0 Å². The second-order valence-electron chi connectivity index (χ2n) is 4.36. The molecule has 92 valence electrons. The van der Waals surface area contributed by atoms with Gasteiger partial charge in [0.25, 0.3) is 0 Å². The smallest absolute Gasteiger partial charge is 0.100 e. The van der Waals surface area contributed by atoms with E-state index in [0.717, 1.165) is 17.2 Å². The second-order valence-corrected chi connectivity index (χ2v) is 4.36. The molecule has 0 atom stereocenters. The molecule has 0 amide bonds. The Morgan fingerprint density at radius 2 is 1.17 bits per heavy atom. The van der Waals surface area contributed by atoms with Crippen LogP contribution in [0.15, 0.2) is 60.9 Å². The summed E-state index contributed by atoms with van der Waals surface area (Å²) in [6.07, 6.45) is 0. The van der Waals surface area contributed by atoms with E-state index in [4.69, 9.17) is 0 Å². The molecule has 0 spiro atoms. The third-order valence-corrected chi connectivity index (χ3v) is 2.86. The van der Waals surface area contributed by atoms with Crippen molar-refractivity contribution in [1.82, 2.24) is 0 Å². The molecule has 0 aliphatic carbocycles. The summed E-state index contributed by atoms with van der Waals surface area (Å²) in [6, 6.07) is 16.3. The minimum atomic E-state index is 0.776. The molecule has 2 N–H and O–H groups in total. The molecule has 0 saturated carbocycles. The minimum Gasteiger partial charge on any atom is -0.342 e. The molecule has 0 unspecified atom stereocenters. The van der Waals surface area contributed by atoms with Gasteiger partial charge in [-0.2, -0.15) is 0 Å². The van der Waals surface area contributed by atoms with E-state index in [-0.39, 0.29) is 0 Å². The Hall–Kier alpha value is -2.22. The maximum Gasteiger partial charge on any atom is 0.100 e. The lowest BCUT2D eigenvalue weighted by molar-refractivity contribution is 1.32. The largest absolute Gasteiger partial charge is 0.342 e. The highest BCUT2D eigenvalue weighted by molar-refractivity contribution is 5.60. The first-order valence-corrected chi connectivity index (χ1v) is 6.01. The quantitative estimate of drug-likeness (QED) is 0.830. The van der Waals surface area contributed by atoms with Crippen molar-refractivity contribution in [3.8, 4) is 0 Å². The van der Waals surface area contributed by atoms with Gasteiger partial charge in [0.2, 0.25) is 0 Å². The maximum absolute atomic E-state index is 4.01. The van der Waals surface area contributed by atoms with E-state index in [1.165, 1.54) is 11.1 Å². The number of para-hydroxylation sites is 2. The third kappa shape index (κ3) is 2.92. The van der Waals surface area contributed by atoms with Crippen molar-refractivity contribution in [1.29, 1.82) is 0 Å². The Bertz CT molecular complexity index is 509. The molecule has 0 saturated heterocycles. The molecule has 2 aromatic carbocycles. The van der Waals surface area contributed by atoms with Crippen molar-refractivity contribution in [2.75, 3.05) is 10.6 Å². The van der Waals surface area contributed by atoms with Gasteiger partial charge in [0.15, 0.2) is 0 Å². The fourth-order valence-corrected chi connectivity index (χ4v) is 1.78. The predicted molar refractivity (Wildman–Crippen MR) is 78.7 cm³/mol. The Kier molecular flexibility index (Phi) is 3.68. The highest BCUT2D eigenvalue weighted by Crippen LogP contribution is 2.18. The summed E-state index contributed by atoms with van der Waals surface area (Å²) in [5.74, 6) is 0.776. The van der Waals surface area contributed by atoms with Crippen molar-refractivity contribution in [3.63, 3.8) is 0 Å². The van der Waals surface area contributed by atoms with Crippen LogP contribution < -0.4 is 10.6 Å². The molecule has 2 aromatic rings. The number of nitrogens with one attached hydrogen (secondary N) is 2. The van der Waals surface area contributed by atoms with Crippen LogP contribution in [0.3, 0.4) is 0 Å². The second kappa shape index (κ2) is 5.41. The van der Waals surface area contributed by atoms with E-state index in [9.17, 15) is 0 Å². The summed E-state index contributed by atoms with van der Waals surface area (Å²) < 4.78 is 0. The Morgan fingerprint density at radius 1 is 0.778 bits per heavy atom. The monoisotopic (exact) mass is 238 g/mol. The van der Waals surface area contributed by atoms with Gasteiger partial charge in [-0.05, 0) is 37.1 Å². The van der Waals surface area contributed by atoms with Gasteiger partial charge in [-0.1, -0.05) is 43.0 Å². The summed E-state index contributed by atoms with van der Waals surface area (Å²) in [7, 11) is 0. The van der Waals surface area contributed by atoms with E-state index >= 15 is 0 Å². The number of anilines is 2. The summed E-state index contributed by atoms with van der Waals surface area (Å²) >= 11 is 0. The van der Waals surface area contributed by atoms with Crippen molar-refractivity contribution >= 4 is 11.4 Å². The Balaban J connectivity index is 2.06. The maximum atomic E-state index is 4.01. The zero-order chi connectivity index (χ0) is 13.0. The van der Waals surface area contributed by atoms with E-state index in [1.54, 1.807) is 0 Å². The molecule has 0 heterocycles. The average Bonchev–Trinajstić information content (AvgIpc) is 2.35. The molecule has 0 aliphatic heterocycles. The predicted octanol–water partition coefficient (Wildman–Crippen LogP) is 4.30. The number of hydrogen-bond donors (Lipinski definition) is 2. The van der Waals surface area contributed by atoms with Gasteiger partial charge in [-0.3, -0.25) is 0 Å². The molecule has 2 nitrogen and oxygen atoms in total. The molecule has 0 bridgehead atoms. The van der Waals surface area contributed by atoms with Crippen molar-refractivity contribution < 1.29 is 0 Å². The SMILES string of the molecule is C=C(Nc1ccccc1C)Nc1ccccc1C. The topological polar surface area (TPSA) is 24.1 Å². The van der Waals surface area contributed by atoms with Gasteiger partial charge in [-0.25, -0.2) is 0 Å². The van der Waals surface area contributed by atoms with Crippen molar-refractivity contribution in [3.05, 3.63) is 72.1 Å². The lowest BCUT2D eigenvalue weighted by Crippen LogP contribution is -2.09. The van der Waals surface area contributed by atoms with Crippen molar-refractivity contribution in [2.24, 2.45) is 0 Å².